The van der Waals surface area contributed by atoms with Gasteiger partial charge < -0.3 is 10.6 Å². The largest absolute Gasteiger partial charge is 0.378 e. The Balaban J connectivity index is 1.71. The minimum atomic E-state index is -0.0105. The molecule has 1 aliphatic carbocycles. The molecule has 2 aliphatic rings. The van der Waals surface area contributed by atoms with E-state index in [-0.39, 0.29) is 11.9 Å². The third kappa shape index (κ3) is 2.93. The van der Waals surface area contributed by atoms with Gasteiger partial charge >= 0.3 is 0 Å². The quantitative estimate of drug-likeness (QED) is 0.770. The lowest BCUT2D eigenvalue weighted by atomic mass is 9.76. The topological polar surface area (TPSA) is 41.1 Å². The van der Waals surface area contributed by atoms with E-state index in [0.717, 1.165) is 22.7 Å². The van der Waals surface area contributed by atoms with Gasteiger partial charge in [0.15, 0.2) is 0 Å². The van der Waals surface area contributed by atoms with Gasteiger partial charge in [-0.3, -0.25) is 4.79 Å². The number of halogens is 1. The van der Waals surface area contributed by atoms with Gasteiger partial charge in [0.25, 0.3) is 5.91 Å². The standard InChI is InChI=1S/C21H21ClN2O/c1-2-23-21(25)14-8-11-19-18(12-14)16-4-3-5-17(16)20(24-19)13-6-9-15(22)10-7-13/h3-4,6-12,16-17,20,24H,2,5H2,1H3,(H,23,25)/t16-,17+,20+/m1/s1. The van der Waals surface area contributed by atoms with E-state index < -0.39 is 0 Å². The minimum absolute atomic E-state index is 0.0105. The lowest BCUT2D eigenvalue weighted by Crippen LogP contribution is -2.30. The van der Waals surface area contributed by atoms with Gasteiger partial charge in [0.2, 0.25) is 0 Å². The molecule has 0 spiro atoms. The maximum Gasteiger partial charge on any atom is 0.251 e. The van der Waals surface area contributed by atoms with E-state index in [1.165, 1.54) is 11.1 Å². The molecule has 1 heterocycles. The predicted molar refractivity (Wildman–Crippen MR) is 102 cm³/mol. The maximum atomic E-state index is 12.2. The van der Waals surface area contributed by atoms with Gasteiger partial charge in [-0.1, -0.05) is 35.9 Å². The molecule has 0 fully saturated rings. The third-order valence-electron chi connectivity index (χ3n) is 5.19. The number of carbonyl (C=O) groups excluding carboxylic acids is 1. The van der Waals surface area contributed by atoms with Gasteiger partial charge in [0.05, 0.1) is 6.04 Å². The normalized spacial score (nSPS) is 23.5. The van der Waals surface area contributed by atoms with Crippen LogP contribution in [0.5, 0.6) is 0 Å². The molecule has 0 bridgehead atoms. The Bertz CT molecular complexity index is 828. The fraction of sp³-hybridized carbons (Fsp3) is 0.286. The third-order valence-corrected chi connectivity index (χ3v) is 5.44. The van der Waals surface area contributed by atoms with Crippen LogP contribution in [0.15, 0.2) is 54.6 Å². The average molecular weight is 353 g/mol. The fourth-order valence-electron chi connectivity index (χ4n) is 4.00. The summed E-state index contributed by atoms with van der Waals surface area (Å²) in [7, 11) is 0. The molecular weight excluding hydrogens is 332 g/mol. The SMILES string of the molecule is CCNC(=O)c1ccc2c(c1)[C@@H]1C=CC[C@@H]1[C@H](c1ccc(Cl)cc1)N2. The first-order chi connectivity index (χ1) is 12.2. The number of benzene rings is 2. The Kier molecular flexibility index (Phi) is 4.26. The number of hydrogen-bond donors (Lipinski definition) is 2. The Morgan fingerprint density at radius 1 is 1.24 bits per heavy atom. The van der Waals surface area contributed by atoms with Crippen molar-refractivity contribution in [3.63, 3.8) is 0 Å². The molecule has 2 N–H and O–H groups in total. The molecule has 2 aromatic rings. The van der Waals surface area contributed by atoms with Crippen LogP contribution in [0.25, 0.3) is 0 Å². The Labute approximate surface area is 153 Å². The van der Waals surface area contributed by atoms with Gasteiger partial charge in [-0.15, -0.1) is 0 Å². The molecule has 0 aromatic heterocycles. The van der Waals surface area contributed by atoms with Crippen molar-refractivity contribution in [1.82, 2.24) is 5.32 Å². The summed E-state index contributed by atoms with van der Waals surface area (Å²) in [5.74, 6) is 0.785. The summed E-state index contributed by atoms with van der Waals surface area (Å²) in [6.45, 7) is 2.57. The zero-order valence-corrected chi connectivity index (χ0v) is 14.9. The molecule has 1 amide bonds. The molecule has 1 aliphatic heterocycles. The van der Waals surface area contributed by atoms with Crippen molar-refractivity contribution in [2.24, 2.45) is 5.92 Å². The summed E-state index contributed by atoms with van der Waals surface area (Å²) in [6.07, 6.45) is 5.58. The van der Waals surface area contributed by atoms with E-state index in [0.29, 0.717) is 18.4 Å². The van der Waals surface area contributed by atoms with Crippen LogP contribution in [-0.2, 0) is 0 Å². The molecule has 2 aromatic carbocycles. The highest BCUT2D eigenvalue weighted by Gasteiger charge is 2.38. The van der Waals surface area contributed by atoms with E-state index in [4.69, 9.17) is 11.6 Å². The van der Waals surface area contributed by atoms with Gasteiger partial charge in [0, 0.05) is 28.7 Å². The van der Waals surface area contributed by atoms with Crippen molar-refractivity contribution >= 4 is 23.2 Å². The molecule has 128 valence electrons. The van der Waals surface area contributed by atoms with E-state index in [9.17, 15) is 4.79 Å². The molecular formula is C21H21ClN2O. The highest BCUT2D eigenvalue weighted by atomic mass is 35.5. The average Bonchev–Trinajstić information content (AvgIpc) is 3.11. The Morgan fingerprint density at radius 3 is 2.80 bits per heavy atom. The van der Waals surface area contributed by atoms with Crippen LogP contribution < -0.4 is 10.6 Å². The number of rotatable bonds is 3. The first-order valence-electron chi connectivity index (χ1n) is 8.78. The van der Waals surface area contributed by atoms with Gasteiger partial charge in [-0.05, 0) is 60.7 Å². The molecule has 3 atom stereocenters. The Hall–Kier alpha value is -2.26. The molecule has 0 saturated carbocycles. The summed E-state index contributed by atoms with van der Waals surface area (Å²) in [5.41, 5.74) is 4.31. The number of carbonyl (C=O) groups is 1. The van der Waals surface area contributed by atoms with Gasteiger partial charge in [0.1, 0.15) is 0 Å². The number of allylic oxidation sites excluding steroid dienone is 2. The Morgan fingerprint density at radius 2 is 2.04 bits per heavy atom. The highest BCUT2D eigenvalue weighted by molar-refractivity contribution is 6.30. The van der Waals surface area contributed by atoms with Crippen LogP contribution in [0, 0.1) is 5.92 Å². The lowest BCUT2D eigenvalue weighted by molar-refractivity contribution is 0.0955. The van der Waals surface area contributed by atoms with Crippen LogP contribution in [-0.4, -0.2) is 12.5 Å². The van der Waals surface area contributed by atoms with Crippen LogP contribution in [0.3, 0.4) is 0 Å². The van der Waals surface area contributed by atoms with Crippen molar-refractivity contribution in [3.05, 3.63) is 76.3 Å². The summed E-state index contributed by atoms with van der Waals surface area (Å²) >= 11 is 6.05. The number of amides is 1. The molecule has 3 nitrogen and oxygen atoms in total. The lowest BCUT2D eigenvalue weighted by Gasteiger charge is -2.37. The first-order valence-corrected chi connectivity index (χ1v) is 9.16. The smallest absolute Gasteiger partial charge is 0.251 e. The van der Waals surface area contributed by atoms with Crippen LogP contribution in [0.1, 0.15) is 46.8 Å². The molecule has 0 unspecified atom stereocenters. The predicted octanol–water partition coefficient (Wildman–Crippen LogP) is 4.92. The summed E-state index contributed by atoms with van der Waals surface area (Å²) in [6, 6.07) is 14.3. The summed E-state index contributed by atoms with van der Waals surface area (Å²) < 4.78 is 0. The van der Waals surface area contributed by atoms with Crippen LogP contribution in [0.2, 0.25) is 5.02 Å². The van der Waals surface area contributed by atoms with Crippen molar-refractivity contribution in [1.29, 1.82) is 0 Å². The molecule has 25 heavy (non-hydrogen) atoms. The van der Waals surface area contributed by atoms with Crippen LogP contribution >= 0.6 is 11.6 Å². The van der Waals surface area contributed by atoms with Crippen molar-refractivity contribution < 1.29 is 4.79 Å². The second-order valence-corrected chi connectivity index (χ2v) is 7.12. The van der Waals surface area contributed by atoms with Gasteiger partial charge in [-0.25, -0.2) is 0 Å². The number of fused-ring (bicyclic) bond motifs is 3. The van der Waals surface area contributed by atoms with E-state index >= 15 is 0 Å². The summed E-state index contributed by atoms with van der Waals surface area (Å²) in [4.78, 5) is 12.2. The van der Waals surface area contributed by atoms with Crippen molar-refractivity contribution in [3.8, 4) is 0 Å². The number of nitrogens with one attached hydrogen (secondary N) is 2. The van der Waals surface area contributed by atoms with Crippen LogP contribution in [0.4, 0.5) is 5.69 Å². The van der Waals surface area contributed by atoms with Crippen molar-refractivity contribution in [2.75, 3.05) is 11.9 Å². The maximum absolute atomic E-state index is 12.2. The highest BCUT2D eigenvalue weighted by Crippen LogP contribution is 2.49. The second-order valence-electron chi connectivity index (χ2n) is 6.69. The zero-order valence-electron chi connectivity index (χ0n) is 14.1. The first kappa shape index (κ1) is 16.2. The number of anilines is 1. The molecule has 4 rings (SSSR count). The molecule has 0 radical (unpaired) electrons. The van der Waals surface area contributed by atoms with Crippen molar-refractivity contribution in [2.45, 2.75) is 25.3 Å². The second kappa shape index (κ2) is 6.57. The molecule has 4 heteroatoms. The fourth-order valence-corrected chi connectivity index (χ4v) is 4.12. The zero-order chi connectivity index (χ0) is 17.4. The van der Waals surface area contributed by atoms with E-state index in [1.54, 1.807) is 0 Å². The number of hydrogen-bond acceptors (Lipinski definition) is 2. The van der Waals surface area contributed by atoms with E-state index in [2.05, 4.69) is 34.9 Å². The monoisotopic (exact) mass is 352 g/mol. The minimum Gasteiger partial charge on any atom is -0.378 e. The van der Waals surface area contributed by atoms with Gasteiger partial charge in [-0.2, -0.15) is 0 Å². The summed E-state index contributed by atoms with van der Waals surface area (Å²) in [5, 5.41) is 7.32. The molecule has 0 saturated heterocycles. The van der Waals surface area contributed by atoms with E-state index in [1.807, 2.05) is 37.3 Å².